The molecule has 3 aliphatic carbocycles. The number of carbonyl (C=O) groups excluding carboxylic acids is 4. The number of piperidine rings is 2. The molecule has 1 saturated carbocycles. The molecule has 3 unspecified atom stereocenters. The van der Waals surface area contributed by atoms with Crippen molar-refractivity contribution in [1.82, 2.24) is 24.9 Å². The number of nitrogens with zero attached hydrogens (tertiary/aromatic N) is 5. The Kier molecular flexibility index (Phi) is 6.99. The van der Waals surface area contributed by atoms with Gasteiger partial charge in [0.2, 0.25) is 23.6 Å². The van der Waals surface area contributed by atoms with Crippen LogP contribution in [0.2, 0.25) is 0 Å². The molecule has 3 saturated heterocycles. The van der Waals surface area contributed by atoms with Gasteiger partial charge >= 0.3 is 0 Å². The van der Waals surface area contributed by atoms with E-state index in [1.54, 1.807) is 4.90 Å². The Labute approximate surface area is 263 Å². The zero-order valence-corrected chi connectivity index (χ0v) is 26.1. The van der Waals surface area contributed by atoms with E-state index in [4.69, 9.17) is 5.10 Å². The van der Waals surface area contributed by atoms with Crippen molar-refractivity contribution >= 4 is 23.6 Å². The van der Waals surface area contributed by atoms with Crippen LogP contribution in [0.25, 0.3) is 0 Å². The third kappa shape index (κ3) is 4.53. The molecule has 45 heavy (non-hydrogen) atoms. The third-order valence-corrected chi connectivity index (χ3v) is 11.4. The normalized spacial score (nSPS) is 30.2. The van der Waals surface area contributed by atoms with E-state index in [0.717, 1.165) is 54.5 Å². The van der Waals surface area contributed by atoms with Crippen molar-refractivity contribution in [3.05, 3.63) is 65.2 Å². The fourth-order valence-electron chi connectivity index (χ4n) is 8.53. The highest BCUT2D eigenvalue weighted by molar-refractivity contribution is 6.03. The summed E-state index contributed by atoms with van der Waals surface area (Å²) in [4.78, 5) is 55.3. The minimum Gasteiger partial charge on any atom is -0.341 e. The van der Waals surface area contributed by atoms with E-state index in [2.05, 4.69) is 43.6 Å². The van der Waals surface area contributed by atoms with Gasteiger partial charge in [0.1, 0.15) is 11.5 Å². The average molecular weight is 609 g/mol. The summed E-state index contributed by atoms with van der Waals surface area (Å²) in [6.07, 6.45) is 21.0. The van der Waals surface area contributed by atoms with Gasteiger partial charge in [-0.25, -0.2) is 0 Å². The molecular formula is C35H40N6O4. The van der Waals surface area contributed by atoms with Gasteiger partial charge in [-0.1, -0.05) is 43.6 Å². The summed E-state index contributed by atoms with van der Waals surface area (Å²) in [6, 6.07) is 1.70. The molecule has 7 rings (SSSR count). The van der Waals surface area contributed by atoms with E-state index in [1.807, 2.05) is 34.0 Å². The molecule has 4 heterocycles. The Morgan fingerprint density at radius 1 is 1.07 bits per heavy atom. The highest BCUT2D eigenvalue weighted by atomic mass is 16.2. The maximum Gasteiger partial charge on any atom is 0.249 e. The second-order valence-corrected chi connectivity index (χ2v) is 14.1. The van der Waals surface area contributed by atoms with Crippen LogP contribution < -0.4 is 5.32 Å². The maximum atomic E-state index is 13.7. The van der Waals surface area contributed by atoms with Crippen LogP contribution in [-0.4, -0.2) is 62.3 Å². The summed E-state index contributed by atoms with van der Waals surface area (Å²) in [7, 11) is 0. The first kappa shape index (κ1) is 29.5. The number of hydrogen-bond donors (Lipinski definition) is 1. The van der Waals surface area contributed by atoms with Crippen molar-refractivity contribution in [3.8, 4) is 6.07 Å². The number of aromatic nitrogens is 2. The van der Waals surface area contributed by atoms with Crippen LogP contribution in [0.4, 0.5) is 0 Å². The van der Waals surface area contributed by atoms with E-state index in [0.29, 0.717) is 38.8 Å². The second-order valence-electron chi connectivity index (χ2n) is 14.1. The van der Waals surface area contributed by atoms with Gasteiger partial charge in [-0.05, 0) is 68.7 Å². The zero-order chi connectivity index (χ0) is 31.6. The van der Waals surface area contributed by atoms with Gasteiger partial charge in [-0.3, -0.25) is 29.2 Å². The molecule has 3 atom stereocenters. The Hall–Kier alpha value is -4.26. The number of nitrogens with one attached hydrogen (secondary N) is 1. The van der Waals surface area contributed by atoms with Gasteiger partial charge in [0.25, 0.3) is 0 Å². The summed E-state index contributed by atoms with van der Waals surface area (Å²) in [5, 5.41) is 17.1. The predicted molar refractivity (Wildman–Crippen MR) is 165 cm³/mol. The monoisotopic (exact) mass is 608 g/mol. The predicted octanol–water partition coefficient (Wildman–Crippen LogP) is 3.83. The van der Waals surface area contributed by atoms with Crippen LogP contribution in [0.5, 0.6) is 0 Å². The molecule has 1 N–H and O–H groups in total. The van der Waals surface area contributed by atoms with Gasteiger partial charge in [0.15, 0.2) is 0 Å². The summed E-state index contributed by atoms with van der Waals surface area (Å²) in [5.41, 5.74) is 2.35. The van der Waals surface area contributed by atoms with Crippen LogP contribution in [0, 0.1) is 28.1 Å². The smallest absolute Gasteiger partial charge is 0.249 e. The lowest BCUT2D eigenvalue weighted by Gasteiger charge is -2.42. The number of carbonyl (C=O) groups is 4. The van der Waals surface area contributed by atoms with Crippen molar-refractivity contribution in [2.75, 3.05) is 13.1 Å². The van der Waals surface area contributed by atoms with Crippen LogP contribution in [-0.2, 0) is 31.1 Å². The number of rotatable bonds is 5. The number of amides is 4. The lowest BCUT2D eigenvalue weighted by molar-refractivity contribution is -0.143. The molecule has 6 aliphatic rings. The fraction of sp³-hybridized carbons (Fsp3) is 0.543. The zero-order valence-electron chi connectivity index (χ0n) is 26.1. The van der Waals surface area contributed by atoms with E-state index >= 15 is 0 Å². The first-order valence-electron chi connectivity index (χ1n) is 16.3. The molecule has 234 valence electrons. The van der Waals surface area contributed by atoms with E-state index < -0.39 is 28.7 Å². The van der Waals surface area contributed by atoms with Crippen LogP contribution in [0.1, 0.15) is 77.2 Å². The number of allylic oxidation sites excluding steroid dienone is 6. The fourth-order valence-corrected chi connectivity index (χ4v) is 8.53. The molecular weight excluding hydrogens is 568 g/mol. The Morgan fingerprint density at radius 2 is 1.82 bits per heavy atom. The minimum absolute atomic E-state index is 0.00716. The molecule has 3 aliphatic heterocycles. The minimum atomic E-state index is -0.853. The molecule has 4 fully saturated rings. The van der Waals surface area contributed by atoms with E-state index in [-0.39, 0.29) is 29.7 Å². The lowest BCUT2D eigenvalue weighted by Crippen LogP contribution is -2.52. The quantitative estimate of drug-likeness (QED) is 0.506. The number of hydrogen-bond acceptors (Lipinski definition) is 6. The second kappa shape index (κ2) is 10.7. The molecule has 10 nitrogen and oxygen atoms in total. The molecule has 0 aromatic carbocycles. The standard InChI is InChI=1S/C35H40N6O4/c1-33(15-17-39(18-16-33)32(45)35(22-36)13-4-3-5-14-35)40-21-23(20-37-40)19-24-9-11-28-34(2)25(24)7-6-8-26(34)31(44)41(28)27-10-12-29(42)38-30(27)43/h6-9,11,20-21,26-27H,3-5,10,12-19H2,1-2H3,(H,38,42,43). The average Bonchev–Trinajstić information content (AvgIpc) is 3.60. The van der Waals surface area contributed by atoms with Gasteiger partial charge in [0, 0.05) is 43.2 Å². The Bertz CT molecular complexity index is 1640. The summed E-state index contributed by atoms with van der Waals surface area (Å²) < 4.78 is 2.04. The molecule has 4 amide bonds. The van der Waals surface area contributed by atoms with Gasteiger partial charge in [-0.2, -0.15) is 10.4 Å². The number of likely N-dealkylation sites (tertiary alicyclic amines) is 2. The Balaban J connectivity index is 1.08. The molecule has 0 radical (unpaired) electrons. The molecule has 0 spiro atoms. The summed E-state index contributed by atoms with van der Waals surface area (Å²) in [6.45, 7) is 5.50. The van der Waals surface area contributed by atoms with Gasteiger partial charge in [-0.15, -0.1) is 0 Å². The molecule has 0 bridgehead atoms. The largest absolute Gasteiger partial charge is 0.341 e. The van der Waals surface area contributed by atoms with Crippen LogP contribution >= 0.6 is 0 Å². The SMILES string of the molecule is CC12C3=CC=CC1C(=O)N(C1CCC(=O)NC1=O)C2=CC=C3Cc1cnn(C2(C)CCN(C(=O)C3(C#N)CCCCC3)CC2)c1. The first-order chi connectivity index (χ1) is 21.6. The van der Waals surface area contributed by atoms with Crippen molar-refractivity contribution < 1.29 is 19.2 Å². The van der Waals surface area contributed by atoms with E-state index in [1.165, 1.54) is 0 Å². The van der Waals surface area contributed by atoms with Crippen molar-refractivity contribution in [1.29, 1.82) is 5.26 Å². The highest BCUT2D eigenvalue weighted by Crippen LogP contribution is 2.57. The highest BCUT2D eigenvalue weighted by Gasteiger charge is 2.58. The van der Waals surface area contributed by atoms with Crippen LogP contribution in [0.3, 0.4) is 0 Å². The summed E-state index contributed by atoms with van der Waals surface area (Å²) in [5.74, 6) is -1.23. The molecule has 1 aromatic rings. The summed E-state index contributed by atoms with van der Waals surface area (Å²) >= 11 is 0. The van der Waals surface area contributed by atoms with Crippen molar-refractivity contribution in [3.63, 3.8) is 0 Å². The molecule has 1 aromatic heterocycles. The van der Waals surface area contributed by atoms with E-state index in [9.17, 15) is 24.4 Å². The lowest BCUT2D eigenvalue weighted by atomic mass is 9.64. The van der Waals surface area contributed by atoms with Gasteiger partial charge in [0.05, 0.1) is 23.7 Å². The first-order valence-corrected chi connectivity index (χ1v) is 16.3. The Morgan fingerprint density at radius 3 is 2.53 bits per heavy atom. The van der Waals surface area contributed by atoms with Gasteiger partial charge < -0.3 is 9.80 Å². The van der Waals surface area contributed by atoms with Crippen molar-refractivity contribution in [2.24, 2.45) is 16.7 Å². The topological polar surface area (TPSA) is 128 Å². The number of nitriles is 1. The third-order valence-electron chi connectivity index (χ3n) is 11.4. The van der Waals surface area contributed by atoms with Crippen LogP contribution in [0.15, 0.2) is 59.6 Å². The maximum absolute atomic E-state index is 13.7. The van der Waals surface area contributed by atoms with Crippen molar-refractivity contribution in [2.45, 2.75) is 89.6 Å². The number of imide groups is 1. The molecule has 10 heteroatoms.